The number of carbonyl (C=O) groups excluding carboxylic acids is 1. The number of hydrogen-bond donors (Lipinski definition) is 1. The van der Waals surface area contributed by atoms with Crippen LogP contribution >= 0.6 is 0 Å². The fourth-order valence-electron chi connectivity index (χ4n) is 3.97. The summed E-state index contributed by atoms with van der Waals surface area (Å²) in [6.07, 6.45) is -3.66. The average Bonchev–Trinajstić information content (AvgIpc) is 2.98. The van der Waals surface area contributed by atoms with Crippen LogP contribution in [-0.4, -0.2) is 49.8 Å². The highest BCUT2D eigenvalue weighted by molar-refractivity contribution is 5.85. The van der Waals surface area contributed by atoms with Gasteiger partial charge < -0.3 is 14.9 Å². The summed E-state index contributed by atoms with van der Waals surface area (Å²) in [7, 11) is 0. The molecule has 3 heterocycles. The van der Waals surface area contributed by atoms with E-state index in [1.54, 1.807) is 20.5 Å². The zero-order chi connectivity index (χ0) is 20.8. The van der Waals surface area contributed by atoms with E-state index >= 15 is 0 Å². The monoisotopic (exact) mass is 408 g/mol. The molecule has 10 heteroatoms. The van der Waals surface area contributed by atoms with E-state index < -0.39 is 17.7 Å². The van der Waals surface area contributed by atoms with Crippen molar-refractivity contribution in [3.63, 3.8) is 0 Å². The molecule has 1 aromatic heterocycles. The number of benzene rings is 1. The number of carboxylic acids is 1. The van der Waals surface area contributed by atoms with Gasteiger partial charge in [-0.15, -0.1) is 0 Å². The minimum Gasteiger partial charge on any atom is -0.476 e. The van der Waals surface area contributed by atoms with Crippen LogP contribution in [-0.2, 0) is 32.2 Å². The van der Waals surface area contributed by atoms with Crippen molar-refractivity contribution in [2.75, 3.05) is 13.1 Å². The van der Waals surface area contributed by atoms with Gasteiger partial charge in [0.25, 0.3) is 0 Å². The van der Waals surface area contributed by atoms with Crippen molar-refractivity contribution in [3.05, 3.63) is 52.3 Å². The summed E-state index contributed by atoms with van der Waals surface area (Å²) in [6, 6.07) is 5.26. The van der Waals surface area contributed by atoms with Gasteiger partial charge in [-0.05, 0) is 36.1 Å². The number of carbonyl (C=O) groups is 2. The van der Waals surface area contributed by atoms with Crippen LogP contribution in [0, 0.1) is 0 Å². The Morgan fingerprint density at radius 3 is 2.55 bits per heavy atom. The van der Waals surface area contributed by atoms with Crippen LogP contribution in [0.5, 0.6) is 0 Å². The van der Waals surface area contributed by atoms with Gasteiger partial charge in [0.05, 0.1) is 17.8 Å². The summed E-state index contributed by atoms with van der Waals surface area (Å²) in [6.45, 7) is 1.51. The minimum atomic E-state index is -4.41. The lowest BCUT2D eigenvalue weighted by atomic mass is 9.94. The molecular weight excluding hydrogens is 389 g/mol. The summed E-state index contributed by atoms with van der Waals surface area (Å²) < 4.78 is 41.3. The van der Waals surface area contributed by atoms with Gasteiger partial charge in [-0.2, -0.15) is 18.3 Å². The van der Waals surface area contributed by atoms with Gasteiger partial charge in [-0.3, -0.25) is 4.68 Å². The molecule has 0 saturated heterocycles. The number of aryl methyl sites for hydroxylation is 1. The Morgan fingerprint density at radius 1 is 1.07 bits per heavy atom. The number of urea groups is 1. The van der Waals surface area contributed by atoms with Crippen molar-refractivity contribution in [1.82, 2.24) is 19.6 Å². The third-order valence-corrected chi connectivity index (χ3v) is 5.35. The zero-order valence-corrected chi connectivity index (χ0v) is 15.4. The number of nitrogens with zero attached hydrogens (tertiary/aromatic N) is 4. The summed E-state index contributed by atoms with van der Waals surface area (Å²) in [4.78, 5) is 27.3. The van der Waals surface area contributed by atoms with E-state index in [9.17, 15) is 22.8 Å². The predicted molar refractivity (Wildman–Crippen MR) is 95.2 cm³/mol. The molecule has 4 rings (SSSR count). The molecule has 0 unspecified atom stereocenters. The number of carboxylic acid groups (broad SMARTS) is 1. The van der Waals surface area contributed by atoms with E-state index in [-0.39, 0.29) is 43.3 Å². The Labute approximate surface area is 164 Å². The molecule has 7 nitrogen and oxygen atoms in total. The van der Waals surface area contributed by atoms with Crippen molar-refractivity contribution < 1.29 is 27.9 Å². The van der Waals surface area contributed by atoms with Gasteiger partial charge in [0.15, 0.2) is 5.69 Å². The number of fused-ring (bicyclic) bond motifs is 2. The van der Waals surface area contributed by atoms with Crippen molar-refractivity contribution in [2.24, 2.45) is 0 Å². The van der Waals surface area contributed by atoms with Gasteiger partial charge in [0, 0.05) is 26.2 Å². The third-order valence-electron chi connectivity index (χ3n) is 5.35. The molecule has 1 aromatic carbocycles. The van der Waals surface area contributed by atoms with Crippen LogP contribution in [0.25, 0.3) is 0 Å². The number of amides is 2. The number of hydrogen-bond acceptors (Lipinski definition) is 3. The topological polar surface area (TPSA) is 78.7 Å². The van der Waals surface area contributed by atoms with E-state index in [2.05, 4.69) is 5.10 Å². The highest BCUT2D eigenvalue weighted by Crippen LogP contribution is 2.35. The second kappa shape index (κ2) is 7.09. The van der Waals surface area contributed by atoms with Crippen LogP contribution in [0.1, 0.15) is 39.3 Å². The molecule has 0 radical (unpaired) electrons. The molecule has 0 aliphatic carbocycles. The highest BCUT2D eigenvalue weighted by atomic mass is 19.4. The molecule has 0 fully saturated rings. The Balaban J connectivity index is 1.53. The predicted octanol–water partition coefficient (Wildman–Crippen LogP) is 2.98. The number of aromatic nitrogens is 2. The maximum Gasteiger partial charge on any atom is 0.416 e. The molecule has 0 bridgehead atoms. The summed E-state index contributed by atoms with van der Waals surface area (Å²) >= 11 is 0. The van der Waals surface area contributed by atoms with E-state index in [1.165, 1.54) is 12.1 Å². The first kappa shape index (κ1) is 19.3. The number of halogens is 3. The largest absolute Gasteiger partial charge is 0.476 e. The lowest BCUT2D eigenvalue weighted by Gasteiger charge is -2.34. The Kier molecular flexibility index (Phi) is 4.71. The number of aromatic carboxylic acids is 1. The molecular formula is C19H19F3N4O3. The molecule has 2 aliphatic heterocycles. The quantitative estimate of drug-likeness (QED) is 0.787. The fraction of sp³-hybridized carbons (Fsp3) is 0.421. The van der Waals surface area contributed by atoms with Gasteiger partial charge in [0.1, 0.15) is 0 Å². The molecule has 2 aliphatic rings. The summed E-state index contributed by atoms with van der Waals surface area (Å²) in [5.74, 6) is -1.13. The first-order valence-electron chi connectivity index (χ1n) is 9.26. The van der Waals surface area contributed by atoms with Gasteiger partial charge in [0.2, 0.25) is 0 Å². The van der Waals surface area contributed by atoms with Crippen LogP contribution in [0.2, 0.25) is 0 Å². The van der Waals surface area contributed by atoms with Crippen LogP contribution < -0.4 is 0 Å². The smallest absolute Gasteiger partial charge is 0.416 e. The number of rotatable bonds is 1. The zero-order valence-electron chi connectivity index (χ0n) is 15.4. The first-order valence-corrected chi connectivity index (χ1v) is 9.26. The lowest BCUT2D eigenvalue weighted by Crippen LogP contribution is -2.45. The Hall–Kier alpha value is -3.04. The van der Waals surface area contributed by atoms with E-state index in [1.807, 2.05) is 0 Å². The van der Waals surface area contributed by atoms with Crippen molar-refractivity contribution in [2.45, 2.75) is 38.7 Å². The molecule has 2 aromatic rings. The van der Waals surface area contributed by atoms with Crippen LogP contribution in [0.4, 0.5) is 18.0 Å². The Bertz CT molecular complexity index is 970. The summed E-state index contributed by atoms with van der Waals surface area (Å²) in [5.41, 5.74) is 0.685. The second-order valence-corrected chi connectivity index (χ2v) is 7.22. The van der Waals surface area contributed by atoms with E-state index in [0.29, 0.717) is 30.8 Å². The number of alkyl halides is 3. The Morgan fingerprint density at radius 2 is 1.83 bits per heavy atom. The first-order chi connectivity index (χ1) is 13.7. The molecule has 29 heavy (non-hydrogen) atoms. The maximum absolute atomic E-state index is 13.2. The highest BCUT2D eigenvalue weighted by Gasteiger charge is 2.36. The summed E-state index contributed by atoms with van der Waals surface area (Å²) in [5, 5.41) is 13.1. The van der Waals surface area contributed by atoms with Crippen molar-refractivity contribution in [1.29, 1.82) is 0 Å². The van der Waals surface area contributed by atoms with Gasteiger partial charge >= 0.3 is 18.2 Å². The van der Waals surface area contributed by atoms with Gasteiger partial charge in [-0.25, -0.2) is 9.59 Å². The standard InChI is InChI=1S/C19H19F3N4O3/c20-19(21,22)15-4-1-3-12-10-25(8-5-14(12)15)18(29)24-6-2-7-26-13(11-24)9-16(23-26)17(27)28/h1,3-4,9H,2,5-8,10-11H2,(H,27,28). The lowest BCUT2D eigenvalue weighted by molar-refractivity contribution is -0.138. The fourth-order valence-corrected chi connectivity index (χ4v) is 3.97. The van der Waals surface area contributed by atoms with E-state index in [4.69, 9.17) is 5.11 Å². The minimum absolute atomic E-state index is 0.0686. The normalized spacial score (nSPS) is 16.8. The third kappa shape index (κ3) is 3.66. The van der Waals surface area contributed by atoms with Crippen LogP contribution in [0.15, 0.2) is 24.3 Å². The molecule has 2 amide bonds. The second-order valence-electron chi connectivity index (χ2n) is 7.22. The molecule has 1 N–H and O–H groups in total. The van der Waals surface area contributed by atoms with Crippen molar-refractivity contribution in [3.8, 4) is 0 Å². The average molecular weight is 408 g/mol. The maximum atomic E-state index is 13.2. The van der Waals surface area contributed by atoms with Crippen molar-refractivity contribution >= 4 is 12.0 Å². The molecule has 0 saturated carbocycles. The molecule has 154 valence electrons. The van der Waals surface area contributed by atoms with Crippen LogP contribution in [0.3, 0.4) is 0 Å². The molecule has 0 spiro atoms. The molecule has 0 atom stereocenters. The SMILES string of the molecule is O=C(O)c1cc2n(n1)CCCN(C(=O)N1CCc3c(cccc3C(F)(F)F)C1)C2. The van der Waals surface area contributed by atoms with E-state index in [0.717, 1.165) is 6.07 Å². The van der Waals surface area contributed by atoms with Gasteiger partial charge in [-0.1, -0.05) is 12.1 Å².